The number of ether oxygens (including phenoxy) is 1. The van der Waals surface area contributed by atoms with Gasteiger partial charge in [0.05, 0.1) is 5.69 Å². The van der Waals surface area contributed by atoms with Gasteiger partial charge in [0, 0.05) is 12.4 Å². The maximum absolute atomic E-state index is 13.3. The van der Waals surface area contributed by atoms with E-state index in [0.29, 0.717) is 32.0 Å². The molecule has 0 radical (unpaired) electrons. The summed E-state index contributed by atoms with van der Waals surface area (Å²) in [6.45, 7) is 0. The summed E-state index contributed by atoms with van der Waals surface area (Å²) in [5.41, 5.74) is 1.59. The Hall–Kier alpha value is -3.58. The molecule has 0 N–H and O–H groups in total. The highest BCUT2D eigenvalue weighted by Gasteiger charge is 2.19. The lowest BCUT2D eigenvalue weighted by atomic mass is 10.3. The van der Waals surface area contributed by atoms with E-state index in [9.17, 15) is 4.79 Å². The SMILES string of the molecule is O=c1c2sc3nccnc3c2nc(Oc2ccccc2)n1-c1ccccc1. The molecule has 0 atom stereocenters. The topological polar surface area (TPSA) is 69.9 Å². The first kappa shape index (κ1) is 15.7. The lowest BCUT2D eigenvalue weighted by Crippen LogP contribution is -2.20. The van der Waals surface area contributed by atoms with E-state index in [-0.39, 0.29) is 11.6 Å². The molecule has 0 bridgehead atoms. The highest BCUT2D eigenvalue weighted by atomic mass is 32.1. The maximum Gasteiger partial charge on any atom is 0.310 e. The second-order valence-electron chi connectivity index (χ2n) is 5.78. The minimum absolute atomic E-state index is 0.190. The fraction of sp³-hybridized carbons (Fsp3) is 0. The Balaban J connectivity index is 1.84. The van der Waals surface area contributed by atoms with E-state index in [1.165, 1.54) is 15.9 Å². The van der Waals surface area contributed by atoms with Gasteiger partial charge in [-0.3, -0.25) is 4.79 Å². The Morgan fingerprint density at radius 2 is 1.56 bits per heavy atom. The van der Waals surface area contributed by atoms with Gasteiger partial charge in [0.1, 0.15) is 26.3 Å². The van der Waals surface area contributed by atoms with Gasteiger partial charge in [0.25, 0.3) is 5.56 Å². The van der Waals surface area contributed by atoms with Crippen molar-refractivity contribution < 1.29 is 4.74 Å². The lowest BCUT2D eigenvalue weighted by Gasteiger charge is -2.12. The molecule has 7 heteroatoms. The fourth-order valence-electron chi connectivity index (χ4n) is 2.86. The zero-order chi connectivity index (χ0) is 18.2. The van der Waals surface area contributed by atoms with Crippen LogP contribution in [0.3, 0.4) is 0 Å². The molecule has 0 amide bonds. The molecule has 0 aliphatic heterocycles. The average Bonchev–Trinajstić information content (AvgIpc) is 3.09. The van der Waals surface area contributed by atoms with Crippen molar-refractivity contribution in [3.05, 3.63) is 83.4 Å². The van der Waals surface area contributed by atoms with E-state index in [0.717, 1.165) is 0 Å². The quantitative estimate of drug-likeness (QED) is 0.475. The number of thiophene rings is 1. The number of hydrogen-bond acceptors (Lipinski definition) is 6. The van der Waals surface area contributed by atoms with Crippen molar-refractivity contribution >= 4 is 31.9 Å². The van der Waals surface area contributed by atoms with Crippen molar-refractivity contribution in [2.45, 2.75) is 0 Å². The van der Waals surface area contributed by atoms with Crippen LogP contribution in [-0.2, 0) is 0 Å². The van der Waals surface area contributed by atoms with E-state index in [1.807, 2.05) is 60.7 Å². The zero-order valence-corrected chi connectivity index (χ0v) is 14.8. The normalized spacial score (nSPS) is 11.1. The van der Waals surface area contributed by atoms with Crippen LogP contribution in [0.25, 0.3) is 26.3 Å². The summed E-state index contributed by atoms with van der Waals surface area (Å²) in [6, 6.07) is 18.8. The summed E-state index contributed by atoms with van der Waals surface area (Å²) in [6.07, 6.45) is 3.20. The van der Waals surface area contributed by atoms with E-state index in [1.54, 1.807) is 12.4 Å². The molecule has 0 saturated heterocycles. The van der Waals surface area contributed by atoms with Crippen LogP contribution in [0.2, 0.25) is 0 Å². The Kier molecular flexibility index (Phi) is 3.65. The van der Waals surface area contributed by atoms with Crippen molar-refractivity contribution in [2.75, 3.05) is 0 Å². The van der Waals surface area contributed by atoms with E-state index in [4.69, 9.17) is 4.74 Å². The molecule has 0 spiro atoms. The number of nitrogens with zero attached hydrogens (tertiary/aromatic N) is 4. The number of para-hydroxylation sites is 2. The molecule has 0 saturated carbocycles. The molecule has 5 rings (SSSR count). The molecule has 27 heavy (non-hydrogen) atoms. The standard InChI is InChI=1S/C20H12N4O2S/c25-19-17-15(16-18(27-17)22-12-11-21-16)23-20(26-14-9-5-2-6-10-14)24(19)13-7-3-1-4-8-13/h1-12H. The molecular weight excluding hydrogens is 360 g/mol. The largest absolute Gasteiger partial charge is 0.425 e. The summed E-state index contributed by atoms with van der Waals surface area (Å²) in [5.74, 6) is 0.596. The van der Waals surface area contributed by atoms with Gasteiger partial charge in [-0.1, -0.05) is 36.4 Å². The third kappa shape index (κ3) is 2.65. The van der Waals surface area contributed by atoms with Crippen molar-refractivity contribution in [3.63, 3.8) is 0 Å². The average molecular weight is 372 g/mol. The Labute approximate surface area is 157 Å². The molecule has 0 aliphatic carbocycles. The van der Waals surface area contributed by atoms with E-state index < -0.39 is 0 Å². The number of aromatic nitrogens is 4. The molecule has 0 aliphatic rings. The predicted octanol–water partition coefficient (Wildman–Crippen LogP) is 4.18. The number of hydrogen-bond donors (Lipinski definition) is 0. The second-order valence-corrected chi connectivity index (χ2v) is 6.77. The van der Waals surface area contributed by atoms with E-state index in [2.05, 4.69) is 15.0 Å². The van der Waals surface area contributed by atoms with Crippen LogP contribution in [-0.4, -0.2) is 19.5 Å². The molecule has 6 nitrogen and oxygen atoms in total. The van der Waals surface area contributed by atoms with Crippen LogP contribution in [0, 0.1) is 0 Å². The molecule has 5 aromatic rings. The molecule has 2 aromatic carbocycles. The molecule has 3 aromatic heterocycles. The highest BCUT2D eigenvalue weighted by Crippen LogP contribution is 2.30. The predicted molar refractivity (Wildman–Crippen MR) is 105 cm³/mol. The fourth-order valence-corrected chi connectivity index (χ4v) is 3.84. The van der Waals surface area contributed by atoms with Gasteiger partial charge >= 0.3 is 6.01 Å². The van der Waals surface area contributed by atoms with Gasteiger partial charge in [-0.15, -0.1) is 11.3 Å². The van der Waals surface area contributed by atoms with Gasteiger partial charge in [0.2, 0.25) is 0 Å². The summed E-state index contributed by atoms with van der Waals surface area (Å²) >= 11 is 1.29. The summed E-state index contributed by atoms with van der Waals surface area (Å²) in [7, 11) is 0. The van der Waals surface area contributed by atoms with Crippen LogP contribution in [0.4, 0.5) is 0 Å². The van der Waals surface area contributed by atoms with Crippen LogP contribution in [0.15, 0.2) is 77.9 Å². The van der Waals surface area contributed by atoms with Crippen LogP contribution in [0.5, 0.6) is 11.8 Å². The van der Waals surface area contributed by atoms with Gasteiger partial charge in [0.15, 0.2) is 0 Å². The minimum atomic E-state index is -0.207. The van der Waals surface area contributed by atoms with Crippen molar-refractivity contribution in [2.24, 2.45) is 0 Å². The lowest BCUT2D eigenvalue weighted by molar-refractivity contribution is 0.427. The number of rotatable bonds is 3. The van der Waals surface area contributed by atoms with E-state index >= 15 is 0 Å². The maximum atomic E-state index is 13.3. The number of fused-ring (bicyclic) bond motifs is 3. The van der Waals surface area contributed by atoms with Crippen LogP contribution < -0.4 is 10.3 Å². The van der Waals surface area contributed by atoms with Gasteiger partial charge < -0.3 is 4.74 Å². The zero-order valence-electron chi connectivity index (χ0n) is 13.9. The first-order chi connectivity index (χ1) is 13.3. The molecule has 3 heterocycles. The monoisotopic (exact) mass is 372 g/mol. The molecule has 0 fully saturated rings. The van der Waals surface area contributed by atoms with Gasteiger partial charge in [-0.2, -0.15) is 4.98 Å². The smallest absolute Gasteiger partial charge is 0.310 e. The molecule has 0 unspecified atom stereocenters. The van der Waals surface area contributed by atoms with Crippen LogP contribution >= 0.6 is 11.3 Å². The first-order valence-corrected chi connectivity index (χ1v) is 9.07. The third-order valence-corrected chi connectivity index (χ3v) is 5.13. The molecule has 130 valence electrons. The van der Waals surface area contributed by atoms with Gasteiger partial charge in [-0.25, -0.2) is 14.5 Å². The van der Waals surface area contributed by atoms with Crippen molar-refractivity contribution in [1.29, 1.82) is 0 Å². The highest BCUT2D eigenvalue weighted by molar-refractivity contribution is 7.25. The summed E-state index contributed by atoms with van der Waals surface area (Å²) in [5, 5.41) is 0. The first-order valence-electron chi connectivity index (χ1n) is 8.26. The van der Waals surface area contributed by atoms with Crippen molar-refractivity contribution in [3.8, 4) is 17.4 Å². The third-order valence-electron chi connectivity index (χ3n) is 4.07. The summed E-state index contributed by atoms with van der Waals surface area (Å²) < 4.78 is 7.96. The summed E-state index contributed by atoms with van der Waals surface area (Å²) in [4.78, 5) is 27.3. The van der Waals surface area contributed by atoms with Crippen molar-refractivity contribution in [1.82, 2.24) is 19.5 Å². The number of benzene rings is 2. The van der Waals surface area contributed by atoms with Crippen LogP contribution in [0.1, 0.15) is 0 Å². The minimum Gasteiger partial charge on any atom is -0.425 e. The Morgan fingerprint density at radius 1 is 0.852 bits per heavy atom. The Bertz CT molecular complexity index is 1310. The Morgan fingerprint density at radius 3 is 2.33 bits per heavy atom. The molecular formula is C20H12N4O2S. The van der Waals surface area contributed by atoms with Gasteiger partial charge in [-0.05, 0) is 24.3 Å². The second kappa shape index (κ2) is 6.30.